The summed E-state index contributed by atoms with van der Waals surface area (Å²) in [7, 11) is 1.48. The lowest BCUT2D eigenvalue weighted by Gasteiger charge is -2.10. The number of alkyl halides is 3. The third kappa shape index (κ3) is 4.91. The van der Waals surface area contributed by atoms with E-state index in [1.54, 1.807) is 12.1 Å². The number of fused-ring (bicyclic) bond motifs is 1. The van der Waals surface area contributed by atoms with Crippen LogP contribution >= 0.6 is 11.3 Å². The number of benzene rings is 1. The zero-order valence-electron chi connectivity index (χ0n) is 17.5. The Balaban J connectivity index is 1.54. The van der Waals surface area contributed by atoms with Gasteiger partial charge in [-0.25, -0.2) is 24.1 Å². The number of halogens is 4. The van der Waals surface area contributed by atoms with E-state index in [1.165, 1.54) is 25.3 Å². The number of carbonyl (C=O) groups is 1. The molecule has 0 bridgehead atoms. The van der Waals surface area contributed by atoms with Gasteiger partial charge < -0.3 is 15.2 Å². The number of pyridine rings is 1. The number of aromatic nitrogens is 3. The molecule has 0 aliphatic carbocycles. The number of carboxylic acid groups (broad SMARTS) is 1. The number of aromatic carboxylic acids is 1. The molecule has 7 nitrogen and oxygen atoms in total. The van der Waals surface area contributed by atoms with Gasteiger partial charge in [0.25, 0.3) is 0 Å². The number of thiophene rings is 1. The predicted octanol–water partition coefficient (Wildman–Crippen LogP) is 5.27. The molecule has 0 aliphatic heterocycles. The summed E-state index contributed by atoms with van der Waals surface area (Å²) >= 11 is 0.484. The molecule has 0 aliphatic rings. The highest BCUT2D eigenvalue weighted by Gasteiger charge is 2.37. The average molecular weight is 492 g/mol. The van der Waals surface area contributed by atoms with Gasteiger partial charge in [-0.1, -0.05) is 0 Å². The molecule has 0 radical (unpaired) electrons. The van der Waals surface area contributed by atoms with Gasteiger partial charge in [-0.3, -0.25) is 0 Å². The van der Waals surface area contributed by atoms with E-state index in [9.17, 15) is 22.4 Å². The molecule has 4 aromatic rings. The van der Waals surface area contributed by atoms with Crippen molar-refractivity contribution in [1.29, 1.82) is 0 Å². The topological polar surface area (TPSA) is 97.2 Å². The minimum Gasteiger partial charge on any atom is -0.481 e. The molecule has 4 rings (SSSR count). The molecular weight excluding hydrogens is 476 g/mol. The first kappa shape index (κ1) is 23.4. The molecule has 0 saturated heterocycles. The maximum absolute atomic E-state index is 14.0. The molecule has 12 heteroatoms. The van der Waals surface area contributed by atoms with Crippen LogP contribution in [0.2, 0.25) is 0 Å². The molecule has 0 unspecified atom stereocenters. The van der Waals surface area contributed by atoms with Crippen molar-refractivity contribution in [3.05, 3.63) is 64.5 Å². The van der Waals surface area contributed by atoms with Crippen LogP contribution < -0.4 is 10.1 Å². The maximum atomic E-state index is 14.0. The molecule has 34 heavy (non-hydrogen) atoms. The van der Waals surface area contributed by atoms with Gasteiger partial charge in [0.2, 0.25) is 5.88 Å². The van der Waals surface area contributed by atoms with Crippen LogP contribution in [0.4, 0.5) is 23.4 Å². The van der Waals surface area contributed by atoms with Gasteiger partial charge in [0, 0.05) is 24.1 Å². The molecule has 3 heterocycles. The number of nitrogens with one attached hydrogen (secondary N) is 1. The van der Waals surface area contributed by atoms with E-state index >= 15 is 0 Å². The van der Waals surface area contributed by atoms with Crippen molar-refractivity contribution in [2.45, 2.75) is 12.6 Å². The number of anilines is 1. The number of hydrogen-bond acceptors (Lipinski definition) is 7. The monoisotopic (exact) mass is 492 g/mol. The fourth-order valence-electron chi connectivity index (χ4n) is 3.36. The van der Waals surface area contributed by atoms with Crippen molar-refractivity contribution < 1.29 is 32.2 Å². The molecule has 2 N–H and O–H groups in total. The second-order valence-corrected chi connectivity index (χ2v) is 8.16. The highest BCUT2D eigenvalue weighted by atomic mass is 32.1. The Morgan fingerprint density at radius 3 is 2.65 bits per heavy atom. The second kappa shape index (κ2) is 9.21. The van der Waals surface area contributed by atoms with Crippen molar-refractivity contribution in [1.82, 2.24) is 15.0 Å². The van der Waals surface area contributed by atoms with Crippen molar-refractivity contribution in [2.24, 2.45) is 0 Å². The first-order chi connectivity index (χ1) is 16.2. The van der Waals surface area contributed by atoms with E-state index < -0.39 is 28.4 Å². The Hall–Kier alpha value is -3.80. The smallest absolute Gasteiger partial charge is 0.418 e. The molecule has 1 aromatic carbocycles. The molecule has 3 aromatic heterocycles. The lowest BCUT2D eigenvalue weighted by atomic mass is 10.1. The third-order valence-electron chi connectivity index (χ3n) is 4.87. The van der Waals surface area contributed by atoms with E-state index in [2.05, 4.69) is 20.3 Å². The summed E-state index contributed by atoms with van der Waals surface area (Å²) in [5, 5.41) is 12.8. The number of ether oxygens (including phenoxy) is 1. The fourth-order valence-corrected chi connectivity index (χ4v) is 4.34. The minimum atomic E-state index is -4.80. The van der Waals surface area contributed by atoms with Crippen LogP contribution in [0.1, 0.15) is 20.8 Å². The molecule has 0 spiro atoms. The van der Waals surface area contributed by atoms with E-state index in [0.717, 1.165) is 12.4 Å². The summed E-state index contributed by atoms with van der Waals surface area (Å²) in [5.74, 6) is -1.37. The number of methoxy groups -OCH3 is 1. The highest BCUT2D eigenvalue weighted by Crippen LogP contribution is 2.40. The van der Waals surface area contributed by atoms with Crippen LogP contribution in [-0.2, 0) is 12.6 Å². The van der Waals surface area contributed by atoms with Crippen molar-refractivity contribution >= 4 is 34.0 Å². The Labute approximate surface area is 194 Å². The molecule has 176 valence electrons. The average Bonchev–Trinajstić information content (AvgIpc) is 3.26. The van der Waals surface area contributed by atoms with E-state index in [0.29, 0.717) is 52.5 Å². The Morgan fingerprint density at radius 2 is 1.97 bits per heavy atom. The van der Waals surface area contributed by atoms with Crippen molar-refractivity contribution in [2.75, 3.05) is 19.0 Å². The maximum Gasteiger partial charge on any atom is 0.418 e. The van der Waals surface area contributed by atoms with Crippen molar-refractivity contribution in [3.63, 3.8) is 0 Å². The number of hydrogen-bond donors (Lipinski definition) is 2. The Kier molecular flexibility index (Phi) is 6.33. The third-order valence-corrected chi connectivity index (χ3v) is 6.02. The van der Waals surface area contributed by atoms with Crippen LogP contribution in [0.5, 0.6) is 5.88 Å². The summed E-state index contributed by atoms with van der Waals surface area (Å²) < 4.78 is 58.7. The molecule has 0 fully saturated rings. The van der Waals surface area contributed by atoms with E-state index in [-0.39, 0.29) is 10.6 Å². The predicted molar refractivity (Wildman–Crippen MR) is 118 cm³/mol. The zero-order chi connectivity index (χ0) is 24.5. The molecular formula is C22H16F4N4O3S. The zero-order valence-corrected chi connectivity index (χ0v) is 18.3. The van der Waals surface area contributed by atoms with Crippen LogP contribution in [0.25, 0.3) is 21.5 Å². The second-order valence-electron chi connectivity index (χ2n) is 7.11. The summed E-state index contributed by atoms with van der Waals surface area (Å²) in [4.78, 5) is 22.9. The lowest BCUT2D eigenvalue weighted by Crippen LogP contribution is -2.09. The minimum absolute atomic E-state index is 0.0441. The van der Waals surface area contributed by atoms with Crippen LogP contribution in [0.15, 0.2) is 42.7 Å². The summed E-state index contributed by atoms with van der Waals surface area (Å²) in [6.45, 7) is 0.312. The highest BCUT2D eigenvalue weighted by molar-refractivity contribution is 7.17. The quantitative estimate of drug-likeness (QED) is 0.339. The van der Waals surface area contributed by atoms with E-state index in [1.807, 2.05) is 0 Å². The van der Waals surface area contributed by atoms with Crippen molar-refractivity contribution in [3.8, 4) is 16.5 Å². The first-order valence-corrected chi connectivity index (χ1v) is 10.6. The van der Waals surface area contributed by atoms with Gasteiger partial charge in [-0.15, -0.1) is 11.3 Å². The summed E-state index contributed by atoms with van der Waals surface area (Å²) in [5.41, 5.74) is 0.136. The Bertz CT molecular complexity index is 1370. The standard InChI is InChI=1S/C22H16F4N4O3S/c1-33-18-3-2-11-6-13(23)7-12(19(11)30-18)4-5-27-17-9-15(28-10-29-17)16-8-14(22(24,25)26)20(34-16)21(31)32/h2-3,6-10H,4-5H2,1H3,(H,31,32)(H,27,28,29). The van der Waals surface area contributed by atoms with E-state index in [4.69, 9.17) is 9.84 Å². The summed E-state index contributed by atoms with van der Waals surface area (Å²) in [6, 6.07) is 8.27. The Morgan fingerprint density at radius 1 is 1.18 bits per heavy atom. The van der Waals surface area contributed by atoms with Gasteiger partial charge >= 0.3 is 12.1 Å². The lowest BCUT2D eigenvalue weighted by molar-refractivity contribution is -0.137. The van der Waals surface area contributed by atoms with Crippen LogP contribution in [-0.4, -0.2) is 39.7 Å². The molecule has 0 saturated carbocycles. The first-order valence-electron chi connectivity index (χ1n) is 9.79. The SMILES string of the molecule is COc1ccc2cc(F)cc(CCNc3cc(-c4cc(C(F)(F)F)c(C(=O)O)s4)ncn3)c2n1. The van der Waals surface area contributed by atoms with Gasteiger partial charge in [0.1, 0.15) is 22.8 Å². The van der Waals surface area contributed by atoms with Crippen LogP contribution in [0.3, 0.4) is 0 Å². The van der Waals surface area contributed by atoms with Gasteiger partial charge in [0.05, 0.1) is 28.8 Å². The number of carboxylic acids is 1. The molecule has 0 amide bonds. The fraction of sp³-hybridized carbons (Fsp3) is 0.182. The van der Waals surface area contributed by atoms with Crippen LogP contribution in [0, 0.1) is 5.82 Å². The van der Waals surface area contributed by atoms with Gasteiger partial charge in [-0.2, -0.15) is 13.2 Å². The largest absolute Gasteiger partial charge is 0.481 e. The molecule has 0 atom stereocenters. The summed E-state index contributed by atoms with van der Waals surface area (Å²) in [6.07, 6.45) is -3.27. The number of rotatable bonds is 7. The van der Waals surface area contributed by atoms with Gasteiger partial charge in [-0.05, 0) is 36.2 Å². The number of nitrogens with zero attached hydrogens (tertiary/aromatic N) is 3. The van der Waals surface area contributed by atoms with Gasteiger partial charge in [0.15, 0.2) is 0 Å². The normalized spacial score (nSPS) is 11.6.